The summed E-state index contributed by atoms with van der Waals surface area (Å²) in [5.74, 6) is -2.53. The van der Waals surface area contributed by atoms with Crippen LogP contribution in [-0.2, 0) is 17.6 Å². The fraction of sp³-hybridized carbons (Fsp3) is 0.476. The van der Waals surface area contributed by atoms with Gasteiger partial charge in [-0.25, -0.2) is 18.7 Å². The summed E-state index contributed by atoms with van der Waals surface area (Å²) in [5, 5.41) is 9.27. The number of aliphatic hydroxyl groups is 1. The Bertz CT molecular complexity index is 1020. The molecule has 1 N–H and O–H groups in total. The SMILES string of the molecule is O=C1CCCC2(CCN(c3cc(C(F)(F)F)nc(CO)n3)CC2)N1c1ccc(F)c(F)c1. The van der Waals surface area contributed by atoms with Gasteiger partial charge in [0.15, 0.2) is 17.5 Å². The number of aliphatic hydroxyl groups excluding tert-OH is 1. The van der Waals surface area contributed by atoms with E-state index in [-0.39, 0.29) is 29.7 Å². The largest absolute Gasteiger partial charge is 0.433 e. The van der Waals surface area contributed by atoms with Crippen LogP contribution in [0.2, 0.25) is 0 Å². The number of benzene rings is 1. The van der Waals surface area contributed by atoms with Gasteiger partial charge in [0, 0.05) is 37.3 Å². The number of rotatable bonds is 3. The summed E-state index contributed by atoms with van der Waals surface area (Å²) in [5.41, 5.74) is -1.51. The average Bonchev–Trinajstić information content (AvgIpc) is 2.75. The van der Waals surface area contributed by atoms with Gasteiger partial charge in [0.25, 0.3) is 0 Å². The first-order valence-corrected chi connectivity index (χ1v) is 10.2. The summed E-state index contributed by atoms with van der Waals surface area (Å²) in [4.78, 5) is 23.3. The van der Waals surface area contributed by atoms with Crippen molar-refractivity contribution in [2.75, 3.05) is 22.9 Å². The summed E-state index contributed by atoms with van der Waals surface area (Å²) in [6.07, 6.45) is -2.29. The number of anilines is 2. The van der Waals surface area contributed by atoms with Gasteiger partial charge in [-0.2, -0.15) is 13.2 Å². The Labute approximate surface area is 180 Å². The number of amides is 1. The van der Waals surface area contributed by atoms with Crippen LogP contribution in [-0.4, -0.2) is 39.6 Å². The molecule has 172 valence electrons. The maximum absolute atomic E-state index is 13.9. The molecule has 2 saturated heterocycles. The van der Waals surface area contributed by atoms with Crippen LogP contribution in [0.4, 0.5) is 33.5 Å². The van der Waals surface area contributed by atoms with Crippen LogP contribution in [0.5, 0.6) is 0 Å². The fourth-order valence-corrected chi connectivity index (χ4v) is 4.59. The molecule has 32 heavy (non-hydrogen) atoms. The minimum absolute atomic E-state index is 0.0488. The molecule has 0 aliphatic carbocycles. The number of aromatic nitrogens is 2. The third-order valence-electron chi connectivity index (χ3n) is 6.13. The molecule has 2 aliphatic heterocycles. The lowest BCUT2D eigenvalue weighted by molar-refractivity contribution is -0.141. The molecule has 2 aliphatic rings. The number of alkyl halides is 3. The van der Waals surface area contributed by atoms with Crippen molar-refractivity contribution in [1.29, 1.82) is 0 Å². The van der Waals surface area contributed by atoms with E-state index in [1.165, 1.54) is 11.0 Å². The summed E-state index contributed by atoms with van der Waals surface area (Å²) in [6.45, 7) is -0.133. The zero-order chi connectivity index (χ0) is 23.1. The molecule has 2 fully saturated rings. The van der Waals surface area contributed by atoms with Crippen LogP contribution in [0, 0.1) is 11.6 Å². The molecule has 3 heterocycles. The van der Waals surface area contributed by atoms with Crippen LogP contribution in [0.15, 0.2) is 24.3 Å². The molecule has 6 nitrogen and oxygen atoms in total. The van der Waals surface area contributed by atoms with E-state index >= 15 is 0 Å². The Morgan fingerprint density at radius 2 is 1.75 bits per heavy atom. The molecular weight excluding hydrogens is 435 g/mol. The van der Waals surface area contributed by atoms with Crippen molar-refractivity contribution < 1.29 is 31.9 Å². The number of carbonyl (C=O) groups is 1. The van der Waals surface area contributed by atoms with E-state index in [9.17, 15) is 31.9 Å². The first-order valence-electron chi connectivity index (χ1n) is 10.2. The molecule has 0 radical (unpaired) electrons. The monoisotopic (exact) mass is 456 g/mol. The molecule has 1 amide bonds. The third-order valence-corrected chi connectivity index (χ3v) is 6.13. The number of piperidine rings is 2. The molecule has 11 heteroatoms. The first-order chi connectivity index (χ1) is 15.1. The van der Waals surface area contributed by atoms with Gasteiger partial charge in [-0.1, -0.05) is 0 Å². The second kappa shape index (κ2) is 8.27. The molecule has 4 rings (SSSR count). The number of hydrogen-bond donors (Lipinski definition) is 1. The lowest BCUT2D eigenvalue weighted by Gasteiger charge is -2.51. The maximum atomic E-state index is 13.9. The van der Waals surface area contributed by atoms with E-state index in [1.807, 2.05) is 0 Å². The van der Waals surface area contributed by atoms with Crippen molar-refractivity contribution in [3.8, 4) is 0 Å². The van der Waals surface area contributed by atoms with Crippen molar-refractivity contribution in [2.24, 2.45) is 0 Å². The Morgan fingerprint density at radius 1 is 1.03 bits per heavy atom. The van der Waals surface area contributed by atoms with E-state index in [0.717, 1.165) is 18.2 Å². The normalized spacial score (nSPS) is 19.0. The van der Waals surface area contributed by atoms with Crippen molar-refractivity contribution in [3.05, 3.63) is 47.4 Å². The molecule has 0 atom stereocenters. The van der Waals surface area contributed by atoms with Gasteiger partial charge < -0.3 is 14.9 Å². The van der Waals surface area contributed by atoms with Gasteiger partial charge in [0.1, 0.15) is 18.1 Å². The van der Waals surface area contributed by atoms with Crippen LogP contribution in [0.3, 0.4) is 0 Å². The van der Waals surface area contributed by atoms with Crippen molar-refractivity contribution in [3.63, 3.8) is 0 Å². The minimum atomic E-state index is -4.68. The first kappa shape index (κ1) is 22.4. The third kappa shape index (κ3) is 4.13. The highest BCUT2D eigenvalue weighted by atomic mass is 19.4. The fourth-order valence-electron chi connectivity index (χ4n) is 4.59. The van der Waals surface area contributed by atoms with Crippen molar-refractivity contribution in [1.82, 2.24) is 9.97 Å². The molecule has 1 aromatic heterocycles. The van der Waals surface area contributed by atoms with Crippen LogP contribution in [0.1, 0.15) is 43.6 Å². The van der Waals surface area contributed by atoms with Crippen LogP contribution < -0.4 is 9.80 Å². The number of nitrogens with zero attached hydrogens (tertiary/aromatic N) is 4. The molecular formula is C21H21F5N4O2. The van der Waals surface area contributed by atoms with Crippen molar-refractivity contribution in [2.45, 2.75) is 50.4 Å². The maximum Gasteiger partial charge on any atom is 0.433 e. The topological polar surface area (TPSA) is 69.6 Å². The summed E-state index contributed by atoms with van der Waals surface area (Å²) < 4.78 is 66.8. The zero-order valence-electron chi connectivity index (χ0n) is 17.0. The van der Waals surface area contributed by atoms with E-state index in [0.29, 0.717) is 38.8 Å². The van der Waals surface area contributed by atoms with E-state index < -0.39 is 35.7 Å². The highest BCUT2D eigenvalue weighted by Gasteiger charge is 2.46. The van der Waals surface area contributed by atoms with E-state index in [4.69, 9.17) is 0 Å². The van der Waals surface area contributed by atoms with Gasteiger partial charge in [0.05, 0.1) is 5.54 Å². The number of halogens is 5. The zero-order valence-corrected chi connectivity index (χ0v) is 17.0. The highest BCUT2D eigenvalue weighted by molar-refractivity contribution is 5.95. The van der Waals surface area contributed by atoms with Gasteiger partial charge in [-0.15, -0.1) is 0 Å². The smallest absolute Gasteiger partial charge is 0.388 e. The Hall–Kier alpha value is -2.82. The average molecular weight is 456 g/mol. The molecule has 2 aromatic rings. The quantitative estimate of drug-likeness (QED) is 0.712. The van der Waals surface area contributed by atoms with Gasteiger partial charge in [-0.05, 0) is 37.8 Å². The molecule has 0 saturated carbocycles. The second-order valence-electron chi connectivity index (χ2n) is 8.08. The summed E-state index contributed by atoms with van der Waals surface area (Å²) >= 11 is 0. The second-order valence-corrected chi connectivity index (χ2v) is 8.08. The van der Waals surface area contributed by atoms with Gasteiger partial charge >= 0.3 is 6.18 Å². The highest BCUT2D eigenvalue weighted by Crippen LogP contribution is 2.42. The number of carbonyl (C=O) groups excluding carboxylic acids is 1. The van der Waals surface area contributed by atoms with Gasteiger partial charge in [-0.3, -0.25) is 4.79 Å². The lowest BCUT2D eigenvalue weighted by Crippen LogP contribution is -2.60. The van der Waals surface area contributed by atoms with Crippen molar-refractivity contribution >= 4 is 17.4 Å². The summed E-state index contributed by atoms with van der Waals surface area (Å²) in [7, 11) is 0. The molecule has 0 unspecified atom stereocenters. The van der Waals surface area contributed by atoms with E-state index in [1.54, 1.807) is 4.90 Å². The van der Waals surface area contributed by atoms with Crippen LogP contribution in [0.25, 0.3) is 0 Å². The van der Waals surface area contributed by atoms with Crippen LogP contribution >= 0.6 is 0 Å². The predicted molar refractivity (Wildman–Crippen MR) is 105 cm³/mol. The van der Waals surface area contributed by atoms with E-state index in [2.05, 4.69) is 9.97 Å². The standard InChI is InChI=1S/C21H21F5N4O2/c22-14-4-3-13(10-15(14)23)30-19(32)2-1-5-20(30)6-8-29(9-7-20)18-11-16(21(24,25)26)27-17(12-31)28-18/h3-4,10-11,31H,1-2,5-9,12H2. The minimum Gasteiger partial charge on any atom is -0.388 e. The predicted octanol–water partition coefficient (Wildman–Crippen LogP) is 3.82. The lowest BCUT2D eigenvalue weighted by atomic mass is 9.78. The summed E-state index contributed by atoms with van der Waals surface area (Å²) in [6, 6.07) is 4.19. The Kier molecular flexibility index (Phi) is 5.78. The molecule has 1 aromatic carbocycles. The number of hydrogen-bond acceptors (Lipinski definition) is 5. The molecule has 0 bridgehead atoms. The Balaban J connectivity index is 1.61. The molecule has 1 spiro atoms. The van der Waals surface area contributed by atoms with Gasteiger partial charge in [0.2, 0.25) is 5.91 Å². The Morgan fingerprint density at radius 3 is 2.38 bits per heavy atom.